The van der Waals surface area contributed by atoms with Gasteiger partial charge in [-0.2, -0.15) is 0 Å². The Morgan fingerprint density at radius 2 is 1.96 bits per heavy atom. The van der Waals surface area contributed by atoms with Crippen molar-refractivity contribution < 1.29 is 19.1 Å². The maximum atomic E-state index is 12.7. The van der Waals surface area contributed by atoms with Gasteiger partial charge in [-0.3, -0.25) is 9.59 Å². The van der Waals surface area contributed by atoms with Gasteiger partial charge in [-0.15, -0.1) is 11.8 Å². The van der Waals surface area contributed by atoms with E-state index >= 15 is 0 Å². The molecule has 1 aliphatic heterocycles. The molecule has 7 heteroatoms. The van der Waals surface area contributed by atoms with E-state index in [4.69, 9.17) is 4.74 Å². The van der Waals surface area contributed by atoms with Crippen LogP contribution in [0.25, 0.3) is 10.9 Å². The van der Waals surface area contributed by atoms with Gasteiger partial charge in [0.25, 0.3) is 0 Å². The topological polar surface area (TPSA) is 88.3 Å². The molecule has 142 valence electrons. The van der Waals surface area contributed by atoms with E-state index < -0.39 is 12.1 Å². The smallest absolute Gasteiger partial charge is 0.338 e. The second kappa shape index (κ2) is 7.16. The van der Waals surface area contributed by atoms with Crippen molar-refractivity contribution in [3.63, 3.8) is 0 Å². The molecule has 2 heterocycles. The molecule has 1 amide bonds. The fourth-order valence-corrected chi connectivity index (χ4v) is 4.04. The van der Waals surface area contributed by atoms with Crippen LogP contribution in [0.15, 0.2) is 53.6 Å². The molecular formula is C21H18N2O4S. The number of hydrogen-bond donors (Lipinski definition) is 2. The lowest BCUT2D eigenvalue weighted by Gasteiger charge is -2.21. The van der Waals surface area contributed by atoms with Gasteiger partial charge >= 0.3 is 5.97 Å². The minimum atomic E-state index is -0.938. The third-order valence-corrected chi connectivity index (χ3v) is 5.83. The van der Waals surface area contributed by atoms with Crippen LogP contribution in [0.1, 0.15) is 34.6 Å². The van der Waals surface area contributed by atoms with Crippen LogP contribution in [0.4, 0.5) is 5.69 Å². The summed E-state index contributed by atoms with van der Waals surface area (Å²) >= 11 is 1.44. The number of Topliss-reactive ketones (excluding diaryl/α,β-unsaturated/α-hetero) is 1. The van der Waals surface area contributed by atoms with Gasteiger partial charge in [0.05, 0.1) is 16.5 Å². The van der Waals surface area contributed by atoms with Crippen LogP contribution in [-0.2, 0) is 9.53 Å². The van der Waals surface area contributed by atoms with Crippen LogP contribution in [0, 0.1) is 0 Å². The number of carbonyl (C=O) groups excluding carboxylic acids is 3. The summed E-state index contributed by atoms with van der Waals surface area (Å²) in [5.74, 6) is -0.992. The monoisotopic (exact) mass is 394 g/mol. The van der Waals surface area contributed by atoms with E-state index in [9.17, 15) is 14.4 Å². The highest BCUT2D eigenvalue weighted by Crippen LogP contribution is 2.36. The fourth-order valence-electron chi connectivity index (χ4n) is 3.11. The van der Waals surface area contributed by atoms with E-state index in [-0.39, 0.29) is 22.5 Å². The van der Waals surface area contributed by atoms with Crippen molar-refractivity contribution in [2.24, 2.45) is 0 Å². The third kappa shape index (κ3) is 3.29. The summed E-state index contributed by atoms with van der Waals surface area (Å²) in [6, 6.07) is 12.5. The Balaban J connectivity index is 1.51. The highest BCUT2D eigenvalue weighted by molar-refractivity contribution is 8.00. The number of thioether (sulfide) groups is 1. The number of carbonyl (C=O) groups is 3. The van der Waals surface area contributed by atoms with Crippen molar-refractivity contribution in [1.82, 2.24) is 4.98 Å². The zero-order chi connectivity index (χ0) is 19.8. The lowest BCUT2D eigenvalue weighted by Crippen LogP contribution is -2.27. The summed E-state index contributed by atoms with van der Waals surface area (Å²) in [6.45, 7) is 3.38. The Labute approximate surface area is 165 Å². The van der Waals surface area contributed by atoms with Crippen LogP contribution in [0.5, 0.6) is 0 Å². The van der Waals surface area contributed by atoms with Gasteiger partial charge in [-0.05, 0) is 38.1 Å². The normalized spacial score (nSPS) is 16.9. The highest BCUT2D eigenvalue weighted by Gasteiger charge is 2.26. The predicted molar refractivity (Wildman–Crippen MR) is 108 cm³/mol. The molecule has 0 aliphatic carbocycles. The van der Waals surface area contributed by atoms with Crippen LogP contribution < -0.4 is 5.32 Å². The molecule has 0 radical (unpaired) electrons. The number of H-pyrrole nitrogens is 1. The lowest BCUT2D eigenvalue weighted by molar-refractivity contribution is -0.115. The Kier molecular flexibility index (Phi) is 4.68. The van der Waals surface area contributed by atoms with Crippen LogP contribution in [0.2, 0.25) is 0 Å². The van der Waals surface area contributed by atoms with Crippen molar-refractivity contribution in [2.75, 3.05) is 5.32 Å². The first-order valence-corrected chi connectivity index (χ1v) is 9.75. The first-order valence-electron chi connectivity index (χ1n) is 8.87. The van der Waals surface area contributed by atoms with Crippen molar-refractivity contribution in [1.29, 1.82) is 0 Å². The summed E-state index contributed by atoms with van der Waals surface area (Å²) in [5.41, 5.74) is 2.20. The van der Waals surface area contributed by atoms with Gasteiger partial charge < -0.3 is 15.0 Å². The molecule has 0 bridgehead atoms. The summed E-state index contributed by atoms with van der Waals surface area (Å²) in [4.78, 5) is 41.1. The molecule has 4 rings (SSSR count). The SMILES string of the molecule is C[C@@H]1Sc2ccc(C(=O)O[C@H](C)C(=O)c3c[nH]c4ccccc34)cc2NC1=O. The largest absolute Gasteiger partial charge is 0.451 e. The van der Waals surface area contributed by atoms with Crippen molar-refractivity contribution in [2.45, 2.75) is 30.1 Å². The number of fused-ring (bicyclic) bond motifs is 2. The summed E-state index contributed by atoms with van der Waals surface area (Å²) < 4.78 is 5.39. The molecule has 0 saturated carbocycles. The summed E-state index contributed by atoms with van der Waals surface area (Å²) in [6.07, 6.45) is 0.691. The number of para-hydroxylation sites is 1. The van der Waals surface area contributed by atoms with Gasteiger partial charge in [0.2, 0.25) is 11.7 Å². The zero-order valence-electron chi connectivity index (χ0n) is 15.3. The third-order valence-electron chi connectivity index (χ3n) is 4.65. The number of rotatable bonds is 4. The molecule has 2 N–H and O–H groups in total. The first-order chi connectivity index (χ1) is 13.4. The average Bonchev–Trinajstić information content (AvgIpc) is 3.12. The number of ether oxygens (including phenoxy) is 1. The number of nitrogens with one attached hydrogen (secondary N) is 2. The average molecular weight is 394 g/mol. The van der Waals surface area contributed by atoms with Crippen LogP contribution in [0.3, 0.4) is 0 Å². The van der Waals surface area contributed by atoms with Crippen molar-refractivity contribution >= 4 is 46.0 Å². The van der Waals surface area contributed by atoms with E-state index in [1.54, 1.807) is 31.3 Å². The number of ketones is 1. The molecule has 6 nitrogen and oxygen atoms in total. The Bertz CT molecular complexity index is 1100. The number of aromatic amines is 1. The van der Waals surface area contributed by atoms with Gasteiger partial charge in [0.1, 0.15) is 0 Å². The van der Waals surface area contributed by atoms with E-state index in [2.05, 4.69) is 10.3 Å². The Morgan fingerprint density at radius 3 is 2.79 bits per heavy atom. The summed E-state index contributed by atoms with van der Waals surface area (Å²) in [5, 5.41) is 3.39. The number of hydrogen-bond acceptors (Lipinski definition) is 5. The van der Waals surface area contributed by atoms with Crippen molar-refractivity contribution in [3.05, 3.63) is 59.8 Å². The highest BCUT2D eigenvalue weighted by atomic mass is 32.2. The number of benzene rings is 2. The zero-order valence-corrected chi connectivity index (χ0v) is 16.1. The van der Waals surface area contributed by atoms with Gasteiger partial charge in [0.15, 0.2) is 6.10 Å². The van der Waals surface area contributed by atoms with E-state index in [1.165, 1.54) is 11.8 Å². The molecule has 2 atom stereocenters. The van der Waals surface area contributed by atoms with Crippen LogP contribution in [-0.4, -0.2) is 34.0 Å². The molecule has 0 spiro atoms. The maximum Gasteiger partial charge on any atom is 0.338 e. The molecule has 3 aromatic rings. The molecule has 28 heavy (non-hydrogen) atoms. The number of aromatic nitrogens is 1. The predicted octanol–water partition coefficient (Wildman–Crippen LogP) is 4.03. The molecule has 1 aromatic heterocycles. The molecule has 0 saturated heterocycles. The second-order valence-corrected chi connectivity index (χ2v) is 8.00. The van der Waals surface area contributed by atoms with E-state index in [1.807, 2.05) is 31.2 Å². The summed E-state index contributed by atoms with van der Waals surface area (Å²) in [7, 11) is 0. The maximum absolute atomic E-state index is 12.7. The molecule has 0 fully saturated rings. The first kappa shape index (κ1) is 18.3. The Morgan fingerprint density at radius 1 is 1.18 bits per heavy atom. The molecule has 0 unspecified atom stereocenters. The Hall–Kier alpha value is -3.06. The standard InChI is InChI=1S/C21H18N2O4S/c1-11(19(24)15-10-22-16-6-4-3-5-14(15)16)27-21(26)13-7-8-18-17(9-13)23-20(25)12(2)28-18/h3-12,22H,1-2H3,(H,23,25)/t11-,12+/m1/s1. The molecular weight excluding hydrogens is 376 g/mol. The minimum Gasteiger partial charge on any atom is -0.451 e. The number of amides is 1. The lowest BCUT2D eigenvalue weighted by atomic mass is 10.1. The van der Waals surface area contributed by atoms with Gasteiger partial charge in [-0.1, -0.05) is 18.2 Å². The molecule has 1 aliphatic rings. The fraction of sp³-hybridized carbons (Fsp3) is 0.190. The van der Waals surface area contributed by atoms with E-state index in [0.29, 0.717) is 11.3 Å². The minimum absolute atomic E-state index is 0.106. The number of anilines is 1. The van der Waals surface area contributed by atoms with E-state index in [0.717, 1.165) is 15.8 Å². The second-order valence-electron chi connectivity index (χ2n) is 6.62. The van der Waals surface area contributed by atoms with Gasteiger partial charge in [-0.25, -0.2) is 4.79 Å². The van der Waals surface area contributed by atoms with Gasteiger partial charge in [0, 0.05) is 27.6 Å². The quantitative estimate of drug-likeness (QED) is 0.515. The van der Waals surface area contributed by atoms with Crippen molar-refractivity contribution in [3.8, 4) is 0 Å². The number of esters is 1. The van der Waals surface area contributed by atoms with Crippen LogP contribution >= 0.6 is 11.8 Å². The molecule has 2 aromatic carbocycles.